The molecule has 19 heavy (non-hydrogen) atoms. The van der Waals surface area contributed by atoms with E-state index >= 15 is 0 Å². The molecule has 0 spiro atoms. The molecule has 1 rings (SSSR count). The Morgan fingerprint density at radius 2 is 2.16 bits per heavy atom. The SMILES string of the molecule is CCOC(=O)CCCNCc1cccc(C(N)=O)c1. The van der Waals surface area contributed by atoms with E-state index in [2.05, 4.69) is 5.32 Å². The fourth-order valence-electron chi connectivity index (χ4n) is 1.66. The number of benzene rings is 1. The predicted molar refractivity (Wildman–Crippen MR) is 72.5 cm³/mol. The maximum Gasteiger partial charge on any atom is 0.305 e. The van der Waals surface area contributed by atoms with Crippen molar-refractivity contribution in [3.8, 4) is 0 Å². The molecule has 1 aromatic carbocycles. The van der Waals surface area contributed by atoms with Gasteiger partial charge in [-0.2, -0.15) is 0 Å². The number of carbonyl (C=O) groups is 2. The summed E-state index contributed by atoms with van der Waals surface area (Å²) in [6, 6.07) is 7.17. The number of esters is 1. The van der Waals surface area contributed by atoms with Crippen LogP contribution >= 0.6 is 0 Å². The van der Waals surface area contributed by atoms with Crippen molar-refractivity contribution in [1.82, 2.24) is 5.32 Å². The summed E-state index contributed by atoms with van der Waals surface area (Å²) in [7, 11) is 0. The van der Waals surface area contributed by atoms with Gasteiger partial charge in [-0.15, -0.1) is 0 Å². The second kappa shape index (κ2) is 8.26. The second-order valence-corrected chi connectivity index (χ2v) is 4.15. The van der Waals surface area contributed by atoms with Gasteiger partial charge < -0.3 is 15.8 Å². The van der Waals surface area contributed by atoms with Crippen LogP contribution in [0.1, 0.15) is 35.7 Å². The highest BCUT2D eigenvalue weighted by Crippen LogP contribution is 2.04. The Morgan fingerprint density at radius 3 is 2.84 bits per heavy atom. The first-order valence-electron chi connectivity index (χ1n) is 6.38. The van der Waals surface area contributed by atoms with Crippen LogP contribution in [0, 0.1) is 0 Å². The molecule has 104 valence electrons. The molecule has 5 heteroatoms. The van der Waals surface area contributed by atoms with Gasteiger partial charge in [-0.1, -0.05) is 12.1 Å². The number of hydrogen-bond acceptors (Lipinski definition) is 4. The molecule has 0 aromatic heterocycles. The Balaban J connectivity index is 2.24. The molecule has 0 saturated carbocycles. The Hall–Kier alpha value is -1.88. The highest BCUT2D eigenvalue weighted by molar-refractivity contribution is 5.92. The molecule has 0 fully saturated rings. The lowest BCUT2D eigenvalue weighted by Crippen LogP contribution is -2.17. The fourth-order valence-corrected chi connectivity index (χ4v) is 1.66. The van der Waals surface area contributed by atoms with E-state index in [1.165, 1.54) is 0 Å². The van der Waals surface area contributed by atoms with Gasteiger partial charge in [-0.05, 0) is 37.6 Å². The highest BCUT2D eigenvalue weighted by Gasteiger charge is 2.02. The minimum absolute atomic E-state index is 0.167. The maximum absolute atomic E-state index is 11.1. The Morgan fingerprint density at radius 1 is 1.37 bits per heavy atom. The standard InChI is InChI=1S/C14H20N2O3/c1-2-19-13(17)7-4-8-16-10-11-5-3-6-12(9-11)14(15)18/h3,5-6,9,16H,2,4,7-8,10H2,1H3,(H2,15,18). The number of nitrogens with one attached hydrogen (secondary N) is 1. The minimum Gasteiger partial charge on any atom is -0.466 e. The number of rotatable bonds is 8. The zero-order valence-electron chi connectivity index (χ0n) is 11.1. The number of ether oxygens (including phenoxy) is 1. The van der Waals surface area contributed by atoms with Crippen LogP contribution in [0.25, 0.3) is 0 Å². The van der Waals surface area contributed by atoms with E-state index in [0.717, 1.165) is 18.5 Å². The fraction of sp³-hybridized carbons (Fsp3) is 0.429. The molecule has 0 aliphatic heterocycles. The normalized spacial score (nSPS) is 10.2. The molecule has 1 aromatic rings. The van der Waals surface area contributed by atoms with Crippen molar-refractivity contribution in [2.24, 2.45) is 5.73 Å². The van der Waals surface area contributed by atoms with Gasteiger partial charge in [0.1, 0.15) is 0 Å². The number of amides is 1. The van der Waals surface area contributed by atoms with Crippen LogP contribution in [0.4, 0.5) is 0 Å². The monoisotopic (exact) mass is 264 g/mol. The smallest absolute Gasteiger partial charge is 0.305 e. The van der Waals surface area contributed by atoms with Crippen molar-refractivity contribution in [1.29, 1.82) is 0 Å². The average Bonchev–Trinajstić information content (AvgIpc) is 2.39. The largest absolute Gasteiger partial charge is 0.466 e. The van der Waals surface area contributed by atoms with Crippen LogP contribution < -0.4 is 11.1 Å². The maximum atomic E-state index is 11.1. The van der Waals surface area contributed by atoms with Gasteiger partial charge in [0.2, 0.25) is 5.91 Å². The van der Waals surface area contributed by atoms with Crippen LogP contribution in [0.3, 0.4) is 0 Å². The molecule has 0 unspecified atom stereocenters. The third-order valence-corrected chi connectivity index (χ3v) is 2.58. The second-order valence-electron chi connectivity index (χ2n) is 4.15. The predicted octanol–water partition coefficient (Wildman–Crippen LogP) is 1.22. The van der Waals surface area contributed by atoms with E-state index in [9.17, 15) is 9.59 Å². The molecule has 0 aliphatic rings. The van der Waals surface area contributed by atoms with E-state index in [-0.39, 0.29) is 5.97 Å². The zero-order valence-corrected chi connectivity index (χ0v) is 11.1. The highest BCUT2D eigenvalue weighted by atomic mass is 16.5. The van der Waals surface area contributed by atoms with Gasteiger partial charge in [-0.25, -0.2) is 0 Å². The third-order valence-electron chi connectivity index (χ3n) is 2.58. The lowest BCUT2D eigenvalue weighted by atomic mass is 10.1. The zero-order chi connectivity index (χ0) is 14.1. The van der Waals surface area contributed by atoms with Crippen molar-refractivity contribution >= 4 is 11.9 Å². The van der Waals surface area contributed by atoms with Gasteiger partial charge in [0.25, 0.3) is 0 Å². The van der Waals surface area contributed by atoms with E-state index in [1.807, 2.05) is 6.07 Å². The molecular weight excluding hydrogens is 244 g/mol. The summed E-state index contributed by atoms with van der Waals surface area (Å²) >= 11 is 0. The molecule has 0 bridgehead atoms. The van der Waals surface area contributed by atoms with Crippen molar-refractivity contribution in [3.05, 3.63) is 35.4 Å². The minimum atomic E-state index is -0.427. The summed E-state index contributed by atoms with van der Waals surface area (Å²) in [4.78, 5) is 22.1. The molecule has 3 N–H and O–H groups in total. The molecule has 1 amide bonds. The van der Waals surface area contributed by atoms with Crippen LogP contribution in [0.5, 0.6) is 0 Å². The average molecular weight is 264 g/mol. The van der Waals surface area contributed by atoms with Crippen LogP contribution in [-0.2, 0) is 16.1 Å². The van der Waals surface area contributed by atoms with Gasteiger partial charge in [0, 0.05) is 18.5 Å². The Labute approximate surface area is 113 Å². The Bertz CT molecular complexity index is 432. The topological polar surface area (TPSA) is 81.4 Å². The number of nitrogens with two attached hydrogens (primary N) is 1. The van der Waals surface area contributed by atoms with Crippen molar-refractivity contribution in [3.63, 3.8) is 0 Å². The lowest BCUT2D eigenvalue weighted by Gasteiger charge is -2.06. The van der Waals surface area contributed by atoms with E-state index in [1.54, 1.807) is 25.1 Å². The first-order valence-corrected chi connectivity index (χ1v) is 6.38. The van der Waals surface area contributed by atoms with Gasteiger partial charge in [0.15, 0.2) is 0 Å². The third kappa shape index (κ3) is 6.01. The lowest BCUT2D eigenvalue weighted by molar-refractivity contribution is -0.143. The molecule has 0 heterocycles. The summed E-state index contributed by atoms with van der Waals surface area (Å²) in [5.41, 5.74) is 6.71. The van der Waals surface area contributed by atoms with Gasteiger partial charge >= 0.3 is 5.97 Å². The molecular formula is C14H20N2O3. The van der Waals surface area contributed by atoms with Crippen LogP contribution in [0.2, 0.25) is 0 Å². The Kier molecular flexibility index (Phi) is 6.60. The summed E-state index contributed by atoms with van der Waals surface area (Å²) in [5.74, 6) is -0.593. The van der Waals surface area contributed by atoms with E-state index < -0.39 is 5.91 Å². The van der Waals surface area contributed by atoms with Crippen molar-refractivity contribution in [2.75, 3.05) is 13.2 Å². The number of carbonyl (C=O) groups excluding carboxylic acids is 2. The molecule has 0 aliphatic carbocycles. The van der Waals surface area contributed by atoms with E-state index in [0.29, 0.717) is 25.1 Å². The van der Waals surface area contributed by atoms with Gasteiger partial charge in [-0.3, -0.25) is 9.59 Å². The summed E-state index contributed by atoms with van der Waals surface area (Å²) in [6.07, 6.45) is 1.15. The summed E-state index contributed by atoms with van der Waals surface area (Å²) < 4.78 is 4.83. The molecule has 0 atom stereocenters. The van der Waals surface area contributed by atoms with Gasteiger partial charge in [0.05, 0.1) is 6.61 Å². The number of primary amides is 1. The first kappa shape index (κ1) is 15.2. The molecule has 0 radical (unpaired) electrons. The summed E-state index contributed by atoms with van der Waals surface area (Å²) in [5, 5.41) is 3.21. The molecule has 5 nitrogen and oxygen atoms in total. The van der Waals surface area contributed by atoms with Crippen LogP contribution in [-0.4, -0.2) is 25.0 Å². The first-order chi connectivity index (χ1) is 9.13. The number of hydrogen-bond donors (Lipinski definition) is 2. The molecule has 0 saturated heterocycles. The summed E-state index contributed by atoms with van der Waals surface area (Å²) in [6.45, 7) is 3.58. The van der Waals surface area contributed by atoms with Crippen LogP contribution in [0.15, 0.2) is 24.3 Å². The van der Waals surface area contributed by atoms with E-state index in [4.69, 9.17) is 10.5 Å². The quantitative estimate of drug-likeness (QED) is 0.546. The van der Waals surface area contributed by atoms with Crippen molar-refractivity contribution in [2.45, 2.75) is 26.3 Å². The van der Waals surface area contributed by atoms with Crippen molar-refractivity contribution < 1.29 is 14.3 Å².